The van der Waals surface area contributed by atoms with Gasteiger partial charge in [-0.05, 0) is 157 Å². The third-order valence-corrected chi connectivity index (χ3v) is 23.2. The summed E-state index contributed by atoms with van der Waals surface area (Å²) < 4.78 is 0. The maximum absolute atomic E-state index is 5.41. The molecule has 20 aromatic rings. The average Bonchev–Trinajstić information content (AvgIpc) is 0.689. The number of rotatable bonds is 20. The van der Waals surface area contributed by atoms with E-state index >= 15 is 0 Å². The molecule has 0 atom stereocenters. The monoisotopic (exact) mass is 1510 g/mol. The molecular formula is C96H78N20. The van der Waals surface area contributed by atoms with Gasteiger partial charge in [0.05, 0.1) is 112 Å². The molecule has 0 bridgehead atoms. The van der Waals surface area contributed by atoms with Gasteiger partial charge in [0.15, 0.2) is 0 Å². The van der Waals surface area contributed by atoms with Crippen molar-refractivity contribution in [2.24, 2.45) is 0 Å². The summed E-state index contributed by atoms with van der Waals surface area (Å²) in [6, 6.07) is 48.7. The molecule has 12 aromatic carbocycles. The van der Waals surface area contributed by atoms with Gasteiger partial charge >= 0.3 is 0 Å². The van der Waals surface area contributed by atoms with E-state index in [9.17, 15) is 0 Å². The van der Waals surface area contributed by atoms with Gasteiger partial charge < -0.3 is 19.6 Å². The van der Waals surface area contributed by atoms with Crippen LogP contribution in [0.1, 0.15) is 99.9 Å². The van der Waals surface area contributed by atoms with E-state index in [1.807, 2.05) is 0 Å². The zero-order valence-electron chi connectivity index (χ0n) is 65.5. The highest BCUT2D eigenvalue weighted by atomic mass is 15.2. The van der Waals surface area contributed by atoms with Gasteiger partial charge in [-0.15, -0.1) is 0 Å². The molecular weight excluding hydrogens is 1430 g/mol. The van der Waals surface area contributed by atoms with E-state index in [0.29, 0.717) is 51.4 Å². The van der Waals surface area contributed by atoms with Crippen molar-refractivity contribution < 1.29 is 0 Å². The number of aromatic nitrogens is 16. The van der Waals surface area contributed by atoms with E-state index in [1.165, 1.54) is 0 Å². The van der Waals surface area contributed by atoms with Gasteiger partial charge in [0.25, 0.3) is 0 Å². The highest BCUT2D eigenvalue weighted by Gasteiger charge is 2.37. The molecule has 0 saturated heterocycles. The Morgan fingerprint density at radius 3 is 0.448 bits per heavy atom. The molecule has 20 nitrogen and oxygen atoms in total. The van der Waals surface area contributed by atoms with Crippen molar-refractivity contribution in [3.63, 3.8) is 0 Å². The second kappa shape index (κ2) is 29.0. The molecule has 0 aliphatic carbocycles. The van der Waals surface area contributed by atoms with Crippen molar-refractivity contribution in [3.8, 4) is 0 Å². The number of benzene rings is 12. The van der Waals surface area contributed by atoms with Gasteiger partial charge in [-0.25, -0.2) is 0 Å². The molecule has 0 N–H and O–H groups in total. The Hall–Kier alpha value is -14.4. The molecule has 0 fully saturated rings. The maximum atomic E-state index is 5.41. The molecule has 562 valence electrons. The SMILES string of the molecule is CCc1ccc2nccnc2c1N(c1cc(N(c2c(CC)ccc3nccnc23)c2c(CC)ccc3nccnc23)c2ccc3c(N(c4c(CC)ccc5nccnc45)c4c(CC)ccc5nccnc45)cc(N(c4c(CC)ccc5nccnc45)c4c(CC)ccc5nccnc45)c4ccc1c2c43)c1c(CC)ccc2nccnc12. The number of fused-ring (bicyclic) bond motifs is 8. The number of anilines is 12. The topological polar surface area (TPSA) is 219 Å². The van der Waals surface area contributed by atoms with Crippen molar-refractivity contribution in [1.29, 1.82) is 0 Å². The van der Waals surface area contributed by atoms with Crippen LogP contribution in [0.5, 0.6) is 0 Å². The third-order valence-electron chi connectivity index (χ3n) is 23.2. The second-order valence-electron chi connectivity index (χ2n) is 29.1. The number of aryl methyl sites for hydroxylation is 8. The number of hydrogen-bond acceptors (Lipinski definition) is 20. The van der Waals surface area contributed by atoms with E-state index in [-0.39, 0.29) is 0 Å². The summed E-state index contributed by atoms with van der Waals surface area (Å²) >= 11 is 0. The van der Waals surface area contributed by atoms with Crippen LogP contribution >= 0.6 is 0 Å². The highest BCUT2D eigenvalue weighted by molar-refractivity contribution is 6.34. The number of nitrogens with zero attached hydrogens (tertiary/aromatic N) is 20. The summed E-state index contributed by atoms with van der Waals surface area (Å²) in [5, 5.41) is 5.56. The van der Waals surface area contributed by atoms with E-state index in [2.05, 4.69) is 208 Å². The average molecular weight is 1510 g/mol. The molecule has 0 aliphatic heterocycles. The van der Waals surface area contributed by atoms with Gasteiger partial charge in [-0.3, -0.25) is 79.7 Å². The summed E-state index contributed by atoms with van der Waals surface area (Å²) in [5.41, 5.74) is 30.1. The molecule has 0 unspecified atom stereocenters. The summed E-state index contributed by atoms with van der Waals surface area (Å²) in [5.74, 6) is 0. The van der Waals surface area contributed by atoms with Crippen LogP contribution in [-0.4, -0.2) is 79.7 Å². The third kappa shape index (κ3) is 11.1. The second-order valence-corrected chi connectivity index (χ2v) is 29.1. The van der Waals surface area contributed by atoms with Crippen LogP contribution in [0.4, 0.5) is 68.2 Å². The summed E-state index contributed by atoms with van der Waals surface area (Å²) in [6.07, 6.45) is 33.7. The fourth-order valence-corrected chi connectivity index (χ4v) is 17.9. The minimum Gasteiger partial charge on any atom is -0.305 e. The maximum Gasteiger partial charge on any atom is 0.113 e. The van der Waals surface area contributed by atoms with E-state index < -0.39 is 0 Å². The Labute approximate surface area is 668 Å². The molecule has 116 heavy (non-hydrogen) atoms. The molecule has 20 heteroatoms. The van der Waals surface area contributed by atoms with E-state index in [4.69, 9.17) is 79.7 Å². The van der Waals surface area contributed by atoms with Crippen LogP contribution in [0, 0.1) is 0 Å². The lowest BCUT2D eigenvalue weighted by Gasteiger charge is -2.37. The van der Waals surface area contributed by atoms with Crippen LogP contribution in [-0.2, 0) is 51.4 Å². The lowest BCUT2D eigenvalue weighted by Crippen LogP contribution is -2.20. The van der Waals surface area contributed by atoms with Gasteiger partial charge in [0, 0.05) is 131 Å². The molecule has 20 rings (SSSR count). The normalized spacial score (nSPS) is 11.9. The Morgan fingerprint density at radius 1 is 0.172 bits per heavy atom. The minimum atomic E-state index is 0.635. The van der Waals surface area contributed by atoms with Gasteiger partial charge in [0.2, 0.25) is 0 Å². The predicted molar refractivity (Wildman–Crippen MR) is 469 cm³/mol. The van der Waals surface area contributed by atoms with Crippen LogP contribution in [0.2, 0.25) is 0 Å². The van der Waals surface area contributed by atoms with Crippen LogP contribution in [0.15, 0.2) is 233 Å². The van der Waals surface area contributed by atoms with Gasteiger partial charge in [-0.1, -0.05) is 128 Å². The first-order valence-corrected chi connectivity index (χ1v) is 40.1. The van der Waals surface area contributed by atoms with Gasteiger partial charge in [-0.2, -0.15) is 0 Å². The van der Waals surface area contributed by atoms with Crippen molar-refractivity contribution in [3.05, 3.63) is 277 Å². The van der Waals surface area contributed by atoms with Crippen LogP contribution < -0.4 is 19.6 Å². The summed E-state index contributed by atoms with van der Waals surface area (Å²) in [6.45, 7) is 17.7. The van der Waals surface area contributed by atoms with Gasteiger partial charge in [0.1, 0.15) is 44.1 Å². The largest absolute Gasteiger partial charge is 0.305 e. The lowest BCUT2D eigenvalue weighted by molar-refractivity contribution is 1.08. The molecule has 0 spiro atoms. The van der Waals surface area contributed by atoms with Crippen LogP contribution in [0.3, 0.4) is 0 Å². The molecule has 8 heterocycles. The Morgan fingerprint density at radius 2 is 0.310 bits per heavy atom. The van der Waals surface area contributed by atoms with Crippen molar-refractivity contribution >= 4 is 189 Å². The first kappa shape index (κ1) is 70.7. The first-order chi connectivity index (χ1) is 57.3. The Balaban J connectivity index is 1.09. The van der Waals surface area contributed by atoms with E-state index in [0.717, 1.165) is 233 Å². The Bertz CT molecular complexity index is 6150. The lowest BCUT2D eigenvalue weighted by atomic mass is 9.88. The zero-order chi connectivity index (χ0) is 78.4. The fourth-order valence-electron chi connectivity index (χ4n) is 17.9. The molecule has 0 saturated carbocycles. The first-order valence-electron chi connectivity index (χ1n) is 40.1. The molecule has 8 aromatic heterocycles. The molecule has 0 radical (unpaired) electrons. The number of hydrogen-bond donors (Lipinski definition) is 0. The van der Waals surface area contributed by atoms with E-state index in [1.54, 1.807) is 99.1 Å². The Kier molecular flexibility index (Phi) is 17.7. The molecule has 0 aliphatic rings. The van der Waals surface area contributed by atoms with Crippen molar-refractivity contribution in [2.75, 3.05) is 19.6 Å². The standard InChI is InChI=1S/C96H78N20/c1-9-55-17-29-67-81(105-45-37-97-67)89(55)113(90-56(10-2)18-30-68-82(90)106-46-38-98-68)75-53-76(114(91-57(11-3)19-31-69-83(91)107-47-39-99-69)92-58(12-4)20-32-70-84(92)108-48-40-100-70)64-27-28-66-78(116(95-61(15-7)23-35-73-87(95)111-51-43-103-73)96-62(16-8)24-36-74-88(96)112-52-44-104-74)54-77(65-26-25-63(75)79(64)80(65)66)115(93-59(13-5)21-33-71-85(93)109-49-41-101-71)94-60(14-6)22-34-72-86(94)110-50-42-102-72/h17-54H,9-16H2,1-8H3. The quantitative estimate of drug-likeness (QED) is 0.0648. The van der Waals surface area contributed by atoms with Crippen molar-refractivity contribution in [1.82, 2.24) is 79.7 Å². The molecule has 0 amide bonds. The predicted octanol–water partition coefficient (Wildman–Crippen LogP) is 22.5. The zero-order valence-corrected chi connectivity index (χ0v) is 65.5. The highest BCUT2D eigenvalue weighted by Crippen LogP contribution is 2.60. The van der Waals surface area contributed by atoms with Crippen LogP contribution in [0.25, 0.3) is 121 Å². The van der Waals surface area contributed by atoms with Crippen molar-refractivity contribution in [2.45, 2.75) is 107 Å². The smallest absolute Gasteiger partial charge is 0.113 e. The fraction of sp³-hybridized carbons (Fsp3) is 0.167. The summed E-state index contributed by atoms with van der Waals surface area (Å²) in [4.78, 5) is 94.2. The minimum absolute atomic E-state index is 0.635. The summed E-state index contributed by atoms with van der Waals surface area (Å²) in [7, 11) is 0.